The molecule has 0 aromatic carbocycles. The number of nitrogens with one attached hydrogen (secondary N) is 2. The number of rotatable bonds is 5. The van der Waals surface area contributed by atoms with Crippen molar-refractivity contribution < 1.29 is 9.53 Å². The summed E-state index contributed by atoms with van der Waals surface area (Å²) in [7, 11) is 0. The molecule has 1 aromatic heterocycles. The molecule has 1 saturated heterocycles. The molecule has 6 nitrogen and oxygen atoms in total. The number of nitrogens with zero attached hydrogens (tertiary/aromatic N) is 2. The van der Waals surface area contributed by atoms with E-state index in [1.165, 1.54) is 0 Å². The fourth-order valence-electron chi connectivity index (χ4n) is 1.99. The van der Waals surface area contributed by atoms with Gasteiger partial charge in [-0.2, -0.15) is 5.10 Å². The molecule has 0 aliphatic carbocycles. The number of hydrogen-bond donors (Lipinski definition) is 2. The quantitative estimate of drug-likeness (QED) is 0.806. The van der Waals surface area contributed by atoms with E-state index >= 15 is 0 Å². The van der Waals surface area contributed by atoms with E-state index in [2.05, 4.69) is 15.7 Å². The first-order valence-electron chi connectivity index (χ1n) is 6.33. The zero-order chi connectivity index (χ0) is 12.8. The third-order valence-corrected chi connectivity index (χ3v) is 2.97. The fourth-order valence-corrected chi connectivity index (χ4v) is 1.99. The van der Waals surface area contributed by atoms with Crippen LogP contribution in [0.1, 0.15) is 13.3 Å². The Labute approximate surface area is 107 Å². The lowest BCUT2D eigenvalue weighted by Gasteiger charge is -2.16. The molecule has 2 N–H and O–H groups in total. The molecule has 2 heterocycles. The maximum absolute atomic E-state index is 11.6. The minimum absolute atomic E-state index is 0.0460. The highest BCUT2D eigenvalue weighted by Gasteiger charge is 2.16. The van der Waals surface area contributed by atoms with Crippen molar-refractivity contribution in [2.75, 3.05) is 19.8 Å². The number of aromatic nitrogens is 2. The lowest BCUT2D eigenvalue weighted by Crippen LogP contribution is -2.44. The zero-order valence-electron chi connectivity index (χ0n) is 10.6. The molecule has 1 aliphatic rings. The summed E-state index contributed by atoms with van der Waals surface area (Å²) in [4.78, 5) is 11.6. The predicted octanol–water partition coefficient (Wildman–Crippen LogP) is 0.607. The third kappa shape index (κ3) is 4.03. The normalized spacial score (nSPS) is 20.6. The maximum atomic E-state index is 11.6. The molecule has 100 valence electrons. The number of ether oxygens (including phenoxy) is 1. The molecule has 2 rings (SSSR count). The Morgan fingerprint density at radius 3 is 3.22 bits per heavy atom. The number of carbonyl (C=O) groups is 1. The molecule has 2 atom stereocenters. The van der Waals surface area contributed by atoms with Crippen molar-refractivity contribution in [2.24, 2.45) is 5.92 Å². The highest BCUT2D eigenvalue weighted by atomic mass is 16.5. The van der Waals surface area contributed by atoms with E-state index in [0.29, 0.717) is 19.0 Å². The van der Waals surface area contributed by atoms with Gasteiger partial charge in [-0.1, -0.05) is 0 Å². The number of hydrogen-bond acceptors (Lipinski definition) is 3. The van der Waals surface area contributed by atoms with E-state index < -0.39 is 0 Å². The van der Waals surface area contributed by atoms with Crippen LogP contribution in [0, 0.1) is 5.92 Å². The summed E-state index contributed by atoms with van der Waals surface area (Å²) >= 11 is 0. The Bertz CT molecular complexity index is 360. The standard InChI is InChI=1S/C12H20N4O2/c1-10(8-16-5-2-4-14-16)15-12(17)13-7-11-3-6-18-9-11/h2,4-5,10-11H,3,6-9H2,1H3,(H2,13,15,17). The van der Waals surface area contributed by atoms with Crippen LogP contribution in [0.5, 0.6) is 0 Å². The van der Waals surface area contributed by atoms with E-state index in [1.807, 2.05) is 19.2 Å². The molecular weight excluding hydrogens is 232 g/mol. The van der Waals surface area contributed by atoms with Gasteiger partial charge in [-0.25, -0.2) is 4.79 Å². The fraction of sp³-hybridized carbons (Fsp3) is 0.667. The Morgan fingerprint density at radius 1 is 1.67 bits per heavy atom. The molecule has 0 radical (unpaired) electrons. The average molecular weight is 252 g/mol. The van der Waals surface area contributed by atoms with Gasteiger partial charge in [-0.15, -0.1) is 0 Å². The lowest BCUT2D eigenvalue weighted by molar-refractivity contribution is 0.185. The van der Waals surface area contributed by atoms with Crippen molar-refractivity contribution in [3.8, 4) is 0 Å². The van der Waals surface area contributed by atoms with Gasteiger partial charge in [0.05, 0.1) is 13.2 Å². The second kappa shape index (κ2) is 6.39. The molecule has 2 amide bonds. The second-order valence-corrected chi connectivity index (χ2v) is 4.71. The SMILES string of the molecule is CC(Cn1cccn1)NC(=O)NCC1CCOC1. The first kappa shape index (κ1) is 12.9. The number of urea groups is 1. The Kier molecular flexibility index (Phi) is 4.58. The number of amides is 2. The van der Waals surface area contributed by atoms with Crippen LogP contribution >= 0.6 is 0 Å². The van der Waals surface area contributed by atoms with Crippen molar-refractivity contribution in [2.45, 2.75) is 25.9 Å². The minimum Gasteiger partial charge on any atom is -0.381 e. The van der Waals surface area contributed by atoms with Crippen molar-refractivity contribution in [1.82, 2.24) is 20.4 Å². The summed E-state index contributed by atoms with van der Waals surface area (Å²) in [5, 5.41) is 9.87. The van der Waals surface area contributed by atoms with Gasteiger partial charge in [0.1, 0.15) is 0 Å². The van der Waals surface area contributed by atoms with Gasteiger partial charge in [0.15, 0.2) is 0 Å². The van der Waals surface area contributed by atoms with Gasteiger partial charge >= 0.3 is 6.03 Å². The van der Waals surface area contributed by atoms with Gasteiger partial charge in [-0.3, -0.25) is 4.68 Å². The van der Waals surface area contributed by atoms with Crippen LogP contribution in [0.2, 0.25) is 0 Å². The van der Waals surface area contributed by atoms with Crippen LogP contribution in [-0.2, 0) is 11.3 Å². The van der Waals surface area contributed by atoms with Crippen LogP contribution in [0.3, 0.4) is 0 Å². The Hall–Kier alpha value is -1.56. The van der Waals surface area contributed by atoms with Crippen molar-refractivity contribution >= 4 is 6.03 Å². The summed E-state index contributed by atoms with van der Waals surface area (Å²) in [5.74, 6) is 0.456. The minimum atomic E-state index is -0.124. The largest absolute Gasteiger partial charge is 0.381 e. The monoisotopic (exact) mass is 252 g/mol. The highest BCUT2D eigenvalue weighted by Crippen LogP contribution is 2.10. The van der Waals surface area contributed by atoms with E-state index in [4.69, 9.17) is 4.74 Å². The van der Waals surface area contributed by atoms with E-state index in [-0.39, 0.29) is 12.1 Å². The average Bonchev–Trinajstić information content (AvgIpc) is 2.98. The van der Waals surface area contributed by atoms with E-state index in [1.54, 1.807) is 10.9 Å². The van der Waals surface area contributed by atoms with Crippen LogP contribution in [0.25, 0.3) is 0 Å². The van der Waals surface area contributed by atoms with Crippen molar-refractivity contribution in [3.63, 3.8) is 0 Å². The van der Waals surface area contributed by atoms with E-state index in [9.17, 15) is 4.79 Å². The summed E-state index contributed by atoms with van der Waals surface area (Å²) in [6.07, 6.45) is 4.64. The third-order valence-electron chi connectivity index (χ3n) is 2.97. The van der Waals surface area contributed by atoms with Crippen LogP contribution in [-0.4, -0.2) is 41.6 Å². The van der Waals surface area contributed by atoms with Crippen LogP contribution < -0.4 is 10.6 Å². The van der Waals surface area contributed by atoms with E-state index in [0.717, 1.165) is 19.6 Å². The molecular formula is C12H20N4O2. The first-order valence-corrected chi connectivity index (χ1v) is 6.33. The van der Waals surface area contributed by atoms with Crippen LogP contribution in [0.4, 0.5) is 4.79 Å². The summed E-state index contributed by atoms with van der Waals surface area (Å²) in [6, 6.07) is 1.79. The molecule has 6 heteroatoms. The summed E-state index contributed by atoms with van der Waals surface area (Å²) < 4.78 is 7.06. The Morgan fingerprint density at radius 2 is 2.56 bits per heavy atom. The second-order valence-electron chi connectivity index (χ2n) is 4.71. The topological polar surface area (TPSA) is 68.2 Å². The van der Waals surface area contributed by atoms with Gasteiger partial charge in [0.25, 0.3) is 0 Å². The Balaban J connectivity index is 1.63. The molecule has 1 aromatic rings. The molecule has 1 aliphatic heterocycles. The van der Waals surface area contributed by atoms with Crippen molar-refractivity contribution in [1.29, 1.82) is 0 Å². The van der Waals surface area contributed by atoms with Gasteiger partial charge < -0.3 is 15.4 Å². The summed E-state index contributed by atoms with van der Waals surface area (Å²) in [6.45, 7) is 4.88. The molecule has 18 heavy (non-hydrogen) atoms. The molecule has 0 spiro atoms. The van der Waals surface area contributed by atoms with Gasteiger partial charge in [-0.05, 0) is 19.4 Å². The molecule has 2 unspecified atom stereocenters. The number of carbonyl (C=O) groups excluding carboxylic acids is 1. The molecule has 0 bridgehead atoms. The van der Waals surface area contributed by atoms with Gasteiger partial charge in [0.2, 0.25) is 0 Å². The summed E-state index contributed by atoms with van der Waals surface area (Å²) in [5.41, 5.74) is 0. The van der Waals surface area contributed by atoms with Crippen molar-refractivity contribution in [3.05, 3.63) is 18.5 Å². The first-order chi connectivity index (χ1) is 8.74. The maximum Gasteiger partial charge on any atom is 0.315 e. The van der Waals surface area contributed by atoms with Gasteiger partial charge in [0, 0.05) is 37.5 Å². The molecule has 1 fully saturated rings. The zero-order valence-corrected chi connectivity index (χ0v) is 10.6. The smallest absolute Gasteiger partial charge is 0.315 e. The lowest BCUT2D eigenvalue weighted by atomic mass is 10.1. The predicted molar refractivity (Wildman–Crippen MR) is 67.1 cm³/mol. The van der Waals surface area contributed by atoms with Crippen LogP contribution in [0.15, 0.2) is 18.5 Å². The molecule has 0 saturated carbocycles. The highest BCUT2D eigenvalue weighted by molar-refractivity contribution is 5.74.